The minimum Gasteiger partial charge on any atom is -0.508 e. The van der Waals surface area contributed by atoms with Crippen LogP contribution in [0.3, 0.4) is 0 Å². The Morgan fingerprint density at radius 3 is 2.73 bits per heavy atom. The van der Waals surface area contributed by atoms with Gasteiger partial charge in [-0.2, -0.15) is 0 Å². The third-order valence-electron chi connectivity index (χ3n) is 4.18. The summed E-state index contributed by atoms with van der Waals surface area (Å²) in [7, 11) is 1.65. The second-order valence-electron chi connectivity index (χ2n) is 5.86. The number of benzene rings is 2. The van der Waals surface area contributed by atoms with Crippen LogP contribution in [0.2, 0.25) is 0 Å². The number of aromatic hydroxyl groups is 1. The van der Waals surface area contributed by atoms with Crippen molar-refractivity contribution in [2.45, 2.75) is 6.54 Å². The third kappa shape index (κ3) is 3.04. The average Bonchev–Trinajstić information content (AvgIpc) is 3.11. The van der Waals surface area contributed by atoms with Crippen molar-refractivity contribution in [1.29, 1.82) is 0 Å². The van der Waals surface area contributed by atoms with Crippen LogP contribution in [0.15, 0.2) is 67.1 Å². The quantitative estimate of drug-likeness (QED) is 0.576. The molecule has 0 atom stereocenters. The highest BCUT2D eigenvalue weighted by molar-refractivity contribution is 5.70. The van der Waals surface area contributed by atoms with Gasteiger partial charge < -0.3 is 15.2 Å². The maximum Gasteiger partial charge on any atom is 0.180 e. The van der Waals surface area contributed by atoms with Gasteiger partial charge in [0, 0.05) is 24.5 Å². The molecule has 4 aromatic rings. The van der Waals surface area contributed by atoms with E-state index in [4.69, 9.17) is 4.74 Å². The number of imidazole rings is 1. The summed E-state index contributed by atoms with van der Waals surface area (Å²) in [4.78, 5) is 8.93. The monoisotopic (exact) mass is 346 g/mol. The summed E-state index contributed by atoms with van der Waals surface area (Å²) in [6.07, 6.45) is 5.46. The summed E-state index contributed by atoms with van der Waals surface area (Å²) in [5.41, 5.74) is 3.74. The van der Waals surface area contributed by atoms with Gasteiger partial charge in [-0.3, -0.25) is 4.40 Å². The van der Waals surface area contributed by atoms with Crippen molar-refractivity contribution in [3.63, 3.8) is 0 Å². The molecule has 26 heavy (non-hydrogen) atoms. The van der Waals surface area contributed by atoms with E-state index in [-0.39, 0.29) is 5.75 Å². The zero-order valence-corrected chi connectivity index (χ0v) is 14.3. The Bertz CT molecular complexity index is 1040. The molecule has 4 rings (SSSR count). The van der Waals surface area contributed by atoms with Gasteiger partial charge in [0.25, 0.3) is 0 Å². The number of ether oxygens (including phenoxy) is 1. The van der Waals surface area contributed by atoms with Crippen LogP contribution in [0.4, 0.5) is 5.82 Å². The predicted molar refractivity (Wildman–Crippen MR) is 100 cm³/mol. The fourth-order valence-corrected chi connectivity index (χ4v) is 2.87. The van der Waals surface area contributed by atoms with Crippen LogP contribution in [0.5, 0.6) is 11.5 Å². The summed E-state index contributed by atoms with van der Waals surface area (Å²) < 4.78 is 7.21. The summed E-state index contributed by atoms with van der Waals surface area (Å²) >= 11 is 0. The van der Waals surface area contributed by atoms with Crippen LogP contribution in [-0.2, 0) is 6.54 Å². The molecule has 0 unspecified atom stereocenters. The lowest BCUT2D eigenvalue weighted by molar-refractivity contribution is 0.415. The van der Waals surface area contributed by atoms with E-state index < -0.39 is 0 Å². The molecule has 0 radical (unpaired) electrons. The lowest BCUT2D eigenvalue weighted by atomic mass is 10.1. The molecule has 2 aromatic carbocycles. The van der Waals surface area contributed by atoms with Gasteiger partial charge in [0.05, 0.1) is 19.0 Å². The first-order valence-electron chi connectivity index (χ1n) is 8.23. The Morgan fingerprint density at radius 2 is 1.96 bits per heavy atom. The van der Waals surface area contributed by atoms with Gasteiger partial charge in [-0.15, -0.1) is 0 Å². The van der Waals surface area contributed by atoms with Crippen molar-refractivity contribution in [1.82, 2.24) is 14.4 Å². The number of phenolic OH excluding ortho intramolecular Hbond substituents is 1. The molecule has 2 aromatic heterocycles. The van der Waals surface area contributed by atoms with Crippen molar-refractivity contribution in [3.8, 4) is 22.8 Å². The van der Waals surface area contributed by atoms with E-state index in [0.717, 1.165) is 28.2 Å². The number of hydrogen-bond donors (Lipinski definition) is 2. The number of hydrogen-bond acceptors (Lipinski definition) is 5. The zero-order valence-electron chi connectivity index (χ0n) is 14.3. The third-order valence-corrected chi connectivity index (χ3v) is 4.18. The molecule has 2 heterocycles. The molecule has 0 aliphatic heterocycles. The molecule has 6 nitrogen and oxygen atoms in total. The van der Waals surface area contributed by atoms with E-state index >= 15 is 0 Å². The smallest absolute Gasteiger partial charge is 0.180 e. The van der Waals surface area contributed by atoms with Crippen LogP contribution in [-0.4, -0.2) is 26.6 Å². The average molecular weight is 346 g/mol. The number of nitrogens with zero attached hydrogens (tertiary/aromatic N) is 3. The summed E-state index contributed by atoms with van der Waals surface area (Å²) in [6, 6.07) is 15.0. The number of aromatic nitrogens is 3. The Labute approximate surface area is 150 Å². The first-order valence-corrected chi connectivity index (χ1v) is 8.23. The molecule has 0 fully saturated rings. The van der Waals surface area contributed by atoms with Crippen LogP contribution in [0, 0.1) is 0 Å². The molecule has 130 valence electrons. The Morgan fingerprint density at radius 1 is 1.12 bits per heavy atom. The zero-order chi connectivity index (χ0) is 17.9. The maximum atomic E-state index is 9.58. The van der Waals surface area contributed by atoms with Crippen molar-refractivity contribution in [2.24, 2.45) is 0 Å². The van der Waals surface area contributed by atoms with Gasteiger partial charge in [0.1, 0.15) is 11.5 Å². The number of fused-ring (bicyclic) bond motifs is 1. The van der Waals surface area contributed by atoms with Gasteiger partial charge in [-0.1, -0.05) is 12.1 Å². The standard InChI is InChI=1S/C20H18N4O2/c1-26-17-7-5-15(6-8-17)18-13-23-20-19(21-9-10-24(18)20)22-12-14-3-2-4-16(25)11-14/h2-11,13,25H,12H2,1H3,(H,21,22). The van der Waals surface area contributed by atoms with Crippen molar-refractivity contribution >= 4 is 11.5 Å². The lowest BCUT2D eigenvalue weighted by Crippen LogP contribution is -2.03. The first-order chi connectivity index (χ1) is 12.7. The minimum atomic E-state index is 0.248. The van der Waals surface area contributed by atoms with Gasteiger partial charge >= 0.3 is 0 Å². The Balaban J connectivity index is 1.64. The van der Waals surface area contributed by atoms with Gasteiger partial charge in [0.2, 0.25) is 0 Å². The fourth-order valence-electron chi connectivity index (χ4n) is 2.87. The van der Waals surface area contributed by atoms with Crippen molar-refractivity contribution in [3.05, 3.63) is 72.7 Å². The van der Waals surface area contributed by atoms with Crippen LogP contribution in [0.25, 0.3) is 16.9 Å². The molecule has 0 aliphatic rings. The molecular formula is C20H18N4O2. The van der Waals surface area contributed by atoms with Crippen LogP contribution < -0.4 is 10.1 Å². The Kier molecular flexibility index (Phi) is 4.15. The number of nitrogens with one attached hydrogen (secondary N) is 1. The summed E-state index contributed by atoms with van der Waals surface area (Å²) in [6.45, 7) is 0.547. The predicted octanol–water partition coefficient (Wildman–Crippen LogP) is 3.72. The molecular weight excluding hydrogens is 328 g/mol. The van der Waals surface area contributed by atoms with Gasteiger partial charge in [-0.25, -0.2) is 9.97 Å². The molecule has 0 spiro atoms. The molecule has 0 saturated heterocycles. The summed E-state index contributed by atoms with van der Waals surface area (Å²) in [5.74, 6) is 1.76. The minimum absolute atomic E-state index is 0.248. The SMILES string of the molecule is COc1ccc(-c2cnc3c(NCc4cccc(O)c4)nccn23)cc1. The highest BCUT2D eigenvalue weighted by Gasteiger charge is 2.10. The van der Waals surface area contributed by atoms with Gasteiger partial charge in [0.15, 0.2) is 11.5 Å². The fraction of sp³-hybridized carbons (Fsp3) is 0.100. The molecule has 0 aliphatic carbocycles. The van der Waals surface area contributed by atoms with Gasteiger partial charge in [-0.05, 0) is 42.0 Å². The molecule has 0 amide bonds. The second kappa shape index (κ2) is 6.76. The number of anilines is 1. The second-order valence-corrected chi connectivity index (χ2v) is 5.86. The Hall–Kier alpha value is -3.54. The van der Waals surface area contributed by atoms with E-state index in [1.54, 1.807) is 25.4 Å². The van der Waals surface area contributed by atoms with E-state index in [1.165, 1.54) is 0 Å². The molecule has 0 saturated carbocycles. The summed E-state index contributed by atoms with van der Waals surface area (Å²) in [5, 5.41) is 12.9. The number of rotatable bonds is 5. The first kappa shape index (κ1) is 16.0. The number of methoxy groups -OCH3 is 1. The largest absolute Gasteiger partial charge is 0.508 e. The highest BCUT2D eigenvalue weighted by Crippen LogP contribution is 2.25. The highest BCUT2D eigenvalue weighted by atomic mass is 16.5. The van der Waals surface area contributed by atoms with E-state index in [2.05, 4.69) is 15.3 Å². The van der Waals surface area contributed by atoms with E-state index in [0.29, 0.717) is 12.4 Å². The lowest BCUT2D eigenvalue weighted by Gasteiger charge is -2.08. The van der Waals surface area contributed by atoms with Crippen molar-refractivity contribution < 1.29 is 9.84 Å². The van der Waals surface area contributed by atoms with E-state index in [9.17, 15) is 5.11 Å². The topological polar surface area (TPSA) is 71.7 Å². The van der Waals surface area contributed by atoms with Crippen molar-refractivity contribution in [2.75, 3.05) is 12.4 Å². The van der Waals surface area contributed by atoms with Crippen LogP contribution >= 0.6 is 0 Å². The number of phenols is 1. The molecule has 6 heteroatoms. The molecule has 0 bridgehead atoms. The molecule has 2 N–H and O–H groups in total. The normalized spacial score (nSPS) is 10.8. The maximum absolute atomic E-state index is 9.58. The van der Waals surface area contributed by atoms with Crippen LogP contribution in [0.1, 0.15) is 5.56 Å². The van der Waals surface area contributed by atoms with E-state index in [1.807, 2.05) is 53.2 Å².